The molecular weight excluding hydrogens is 318 g/mol. The highest BCUT2D eigenvalue weighted by Gasteiger charge is 2.34. The van der Waals surface area contributed by atoms with Gasteiger partial charge in [-0.2, -0.15) is 0 Å². The van der Waals surface area contributed by atoms with Crippen molar-refractivity contribution in [1.29, 1.82) is 0 Å². The van der Waals surface area contributed by atoms with Gasteiger partial charge in [0.2, 0.25) is 0 Å². The Bertz CT molecular complexity index is 714. The van der Waals surface area contributed by atoms with Crippen LogP contribution in [0.2, 0.25) is 0 Å². The molecule has 1 aromatic rings. The highest BCUT2D eigenvalue weighted by atomic mass is 16.5. The Kier molecular flexibility index (Phi) is 4.97. The van der Waals surface area contributed by atoms with Gasteiger partial charge in [0.15, 0.2) is 0 Å². The highest BCUT2D eigenvalue weighted by molar-refractivity contribution is 5.95. The van der Waals surface area contributed by atoms with Gasteiger partial charge in [-0.1, -0.05) is 25.1 Å². The Labute approximate surface area is 148 Å². The number of esters is 1. The first-order chi connectivity index (χ1) is 12.0. The molecule has 6 heteroatoms. The Morgan fingerprint density at radius 1 is 1.32 bits per heavy atom. The summed E-state index contributed by atoms with van der Waals surface area (Å²) in [5.74, 6) is -0.364. The third kappa shape index (κ3) is 3.34. The molecule has 2 unspecified atom stereocenters. The molecule has 6 nitrogen and oxygen atoms in total. The van der Waals surface area contributed by atoms with Crippen LogP contribution >= 0.6 is 0 Å². The van der Waals surface area contributed by atoms with Crippen molar-refractivity contribution in [3.8, 4) is 0 Å². The average molecular weight is 343 g/mol. The molecule has 0 bridgehead atoms. The summed E-state index contributed by atoms with van der Waals surface area (Å²) in [5.41, 5.74) is 3.62. The number of para-hydroxylation sites is 1. The normalized spacial score (nSPS) is 22.4. The number of benzene rings is 1. The van der Waals surface area contributed by atoms with Crippen LogP contribution in [0.1, 0.15) is 32.8 Å². The van der Waals surface area contributed by atoms with Crippen molar-refractivity contribution in [3.05, 3.63) is 41.1 Å². The number of amides is 2. The molecule has 2 aliphatic rings. The molecule has 134 valence electrons. The SMILES string of the molecule is CCOC(=O)C1=C(CN2c3ccccc3CC2C)NC(=O)NC1CC. The van der Waals surface area contributed by atoms with Crippen molar-refractivity contribution in [1.82, 2.24) is 10.6 Å². The molecule has 0 aliphatic carbocycles. The lowest BCUT2D eigenvalue weighted by atomic mass is 9.99. The molecule has 1 aromatic carbocycles. The minimum atomic E-state index is -0.364. The van der Waals surface area contributed by atoms with Crippen molar-refractivity contribution in [3.63, 3.8) is 0 Å². The van der Waals surface area contributed by atoms with E-state index in [9.17, 15) is 9.59 Å². The molecule has 0 aromatic heterocycles. The van der Waals surface area contributed by atoms with Crippen LogP contribution in [0.5, 0.6) is 0 Å². The van der Waals surface area contributed by atoms with E-state index in [0.717, 1.165) is 12.1 Å². The number of hydrogen-bond acceptors (Lipinski definition) is 4. The predicted octanol–water partition coefficient (Wildman–Crippen LogP) is 2.35. The van der Waals surface area contributed by atoms with E-state index in [0.29, 0.717) is 36.9 Å². The number of fused-ring (bicyclic) bond motifs is 1. The molecule has 2 aliphatic heterocycles. The zero-order valence-corrected chi connectivity index (χ0v) is 15.0. The second-order valence-electron chi connectivity index (χ2n) is 6.48. The van der Waals surface area contributed by atoms with E-state index in [-0.39, 0.29) is 18.0 Å². The van der Waals surface area contributed by atoms with Gasteiger partial charge in [0.25, 0.3) is 0 Å². The topological polar surface area (TPSA) is 70.7 Å². The summed E-state index contributed by atoms with van der Waals surface area (Å²) < 4.78 is 5.23. The summed E-state index contributed by atoms with van der Waals surface area (Å²) in [5, 5.41) is 5.65. The molecular formula is C19H25N3O3. The number of nitrogens with one attached hydrogen (secondary N) is 2. The van der Waals surface area contributed by atoms with Crippen molar-refractivity contribution in [2.45, 2.75) is 45.7 Å². The van der Waals surface area contributed by atoms with Gasteiger partial charge in [-0.3, -0.25) is 0 Å². The van der Waals surface area contributed by atoms with Gasteiger partial charge in [0, 0.05) is 11.7 Å². The first kappa shape index (κ1) is 17.3. The number of carbonyl (C=O) groups excluding carboxylic acids is 2. The molecule has 0 spiro atoms. The number of hydrogen-bond donors (Lipinski definition) is 2. The van der Waals surface area contributed by atoms with Gasteiger partial charge in [-0.05, 0) is 38.3 Å². The van der Waals surface area contributed by atoms with Crippen molar-refractivity contribution in [2.75, 3.05) is 18.1 Å². The van der Waals surface area contributed by atoms with E-state index in [4.69, 9.17) is 4.74 Å². The van der Waals surface area contributed by atoms with Gasteiger partial charge in [-0.15, -0.1) is 0 Å². The summed E-state index contributed by atoms with van der Waals surface area (Å²) >= 11 is 0. The maximum atomic E-state index is 12.5. The fraction of sp³-hybridized carbons (Fsp3) is 0.474. The largest absolute Gasteiger partial charge is 0.463 e. The number of urea groups is 1. The van der Waals surface area contributed by atoms with Gasteiger partial charge < -0.3 is 20.3 Å². The zero-order valence-electron chi connectivity index (χ0n) is 15.0. The van der Waals surface area contributed by atoms with E-state index < -0.39 is 0 Å². The molecule has 2 atom stereocenters. The third-order valence-corrected chi connectivity index (χ3v) is 4.82. The Balaban J connectivity index is 1.96. The number of rotatable bonds is 5. The quantitative estimate of drug-likeness (QED) is 0.805. The molecule has 0 radical (unpaired) electrons. The van der Waals surface area contributed by atoms with Crippen LogP contribution in [0.3, 0.4) is 0 Å². The minimum Gasteiger partial charge on any atom is -0.463 e. The summed E-state index contributed by atoms with van der Waals surface area (Å²) in [6, 6.07) is 7.98. The van der Waals surface area contributed by atoms with Crippen LogP contribution < -0.4 is 15.5 Å². The molecule has 0 saturated carbocycles. The molecule has 2 heterocycles. The molecule has 25 heavy (non-hydrogen) atoms. The number of nitrogens with zero attached hydrogens (tertiary/aromatic N) is 1. The average Bonchev–Trinajstić information content (AvgIpc) is 2.90. The summed E-state index contributed by atoms with van der Waals surface area (Å²) in [7, 11) is 0. The monoisotopic (exact) mass is 343 g/mol. The van der Waals surface area contributed by atoms with Gasteiger partial charge in [0.05, 0.1) is 30.5 Å². The van der Waals surface area contributed by atoms with E-state index in [2.05, 4.69) is 34.6 Å². The first-order valence-corrected chi connectivity index (χ1v) is 8.87. The molecule has 0 fully saturated rings. The lowest BCUT2D eigenvalue weighted by Crippen LogP contribution is -2.52. The standard InChI is InChI=1S/C19H25N3O3/c1-4-14-17(18(23)25-5-2)15(21-19(24)20-14)11-22-12(3)10-13-8-6-7-9-16(13)22/h6-9,12,14H,4-5,10-11H2,1-3H3,(H2,20,21,24). The van der Waals surface area contributed by atoms with Crippen molar-refractivity contribution in [2.24, 2.45) is 0 Å². The van der Waals surface area contributed by atoms with Crippen LogP contribution in [0, 0.1) is 0 Å². The van der Waals surface area contributed by atoms with Crippen LogP contribution in [0.15, 0.2) is 35.5 Å². The van der Waals surface area contributed by atoms with E-state index in [1.807, 2.05) is 19.1 Å². The van der Waals surface area contributed by atoms with Crippen LogP contribution in [0.25, 0.3) is 0 Å². The van der Waals surface area contributed by atoms with Crippen LogP contribution in [-0.2, 0) is 16.0 Å². The van der Waals surface area contributed by atoms with Gasteiger partial charge >= 0.3 is 12.0 Å². The fourth-order valence-electron chi connectivity index (χ4n) is 3.63. The third-order valence-electron chi connectivity index (χ3n) is 4.82. The van der Waals surface area contributed by atoms with Crippen LogP contribution in [-0.4, -0.2) is 37.2 Å². The first-order valence-electron chi connectivity index (χ1n) is 8.87. The Morgan fingerprint density at radius 2 is 2.08 bits per heavy atom. The second kappa shape index (κ2) is 7.17. The van der Waals surface area contributed by atoms with Crippen LogP contribution in [0.4, 0.5) is 10.5 Å². The fourth-order valence-corrected chi connectivity index (χ4v) is 3.63. The summed E-state index contributed by atoms with van der Waals surface area (Å²) in [6.45, 7) is 6.68. The molecule has 2 amide bonds. The summed E-state index contributed by atoms with van der Waals surface area (Å²) in [6.07, 6.45) is 1.60. The lowest BCUT2D eigenvalue weighted by Gasteiger charge is -2.32. The number of anilines is 1. The van der Waals surface area contributed by atoms with E-state index in [1.165, 1.54) is 5.56 Å². The second-order valence-corrected chi connectivity index (χ2v) is 6.48. The molecule has 2 N–H and O–H groups in total. The smallest absolute Gasteiger partial charge is 0.337 e. The number of ether oxygens (including phenoxy) is 1. The Morgan fingerprint density at radius 3 is 2.80 bits per heavy atom. The Hall–Kier alpha value is -2.50. The lowest BCUT2D eigenvalue weighted by molar-refractivity contribution is -0.139. The van der Waals surface area contributed by atoms with Crippen molar-refractivity contribution < 1.29 is 14.3 Å². The van der Waals surface area contributed by atoms with E-state index in [1.54, 1.807) is 6.92 Å². The number of carbonyl (C=O) groups is 2. The van der Waals surface area contributed by atoms with E-state index >= 15 is 0 Å². The highest BCUT2D eigenvalue weighted by Crippen LogP contribution is 2.33. The summed E-state index contributed by atoms with van der Waals surface area (Å²) in [4.78, 5) is 26.8. The van der Waals surface area contributed by atoms with Gasteiger partial charge in [0.1, 0.15) is 0 Å². The van der Waals surface area contributed by atoms with Crippen molar-refractivity contribution >= 4 is 17.7 Å². The minimum absolute atomic E-state index is 0.268. The van der Waals surface area contributed by atoms with Gasteiger partial charge in [-0.25, -0.2) is 9.59 Å². The zero-order chi connectivity index (χ0) is 18.0. The molecule has 3 rings (SSSR count). The predicted molar refractivity (Wildman–Crippen MR) is 96.4 cm³/mol. The maximum absolute atomic E-state index is 12.5. The maximum Gasteiger partial charge on any atom is 0.337 e. The molecule has 0 saturated heterocycles.